The molecule has 3 aromatic rings. The third-order valence-corrected chi connectivity index (χ3v) is 3.27. The molecule has 1 heterocycles. The molecule has 1 aromatic heterocycles. The second-order valence-electron chi connectivity index (χ2n) is 4.69. The quantitative estimate of drug-likeness (QED) is 0.767. The van der Waals surface area contributed by atoms with Crippen molar-refractivity contribution in [3.63, 3.8) is 0 Å². The Balaban J connectivity index is 1.78. The molecule has 0 aliphatic rings. The van der Waals surface area contributed by atoms with Gasteiger partial charge in [0.05, 0.1) is 0 Å². The van der Waals surface area contributed by atoms with Gasteiger partial charge < -0.3 is 9.73 Å². The Morgan fingerprint density at radius 2 is 1.86 bits per heavy atom. The molecule has 0 aliphatic carbocycles. The van der Waals surface area contributed by atoms with Crippen molar-refractivity contribution in [2.75, 3.05) is 5.32 Å². The molecule has 21 heavy (non-hydrogen) atoms. The summed E-state index contributed by atoms with van der Waals surface area (Å²) in [6.45, 7) is 1.97. The molecule has 1 atom stereocenters. The van der Waals surface area contributed by atoms with Crippen LogP contribution < -0.4 is 5.32 Å². The molecule has 0 radical (unpaired) electrons. The molecule has 4 nitrogen and oxygen atoms in total. The predicted molar refractivity (Wildman–Crippen MR) is 83.2 cm³/mol. The van der Waals surface area contributed by atoms with E-state index in [0.29, 0.717) is 16.8 Å². The van der Waals surface area contributed by atoms with E-state index in [4.69, 9.17) is 16.0 Å². The lowest BCUT2D eigenvalue weighted by Gasteiger charge is -2.10. The zero-order valence-corrected chi connectivity index (χ0v) is 12.2. The van der Waals surface area contributed by atoms with Crippen molar-refractivity contribution in [2.24, 2.45) is 0 Å². The molecule has 0 fully saturated rings. The molecule has 0 saturated carbocycles. The highest BCUT2D eigenvalue weighted by Crippen LogP contribution is 2.24. The Hall–Kier alpha value is -2.33. The van der Waals surface area contributed by atoms with Crippen LogP contribution >= 0.6 is 11.6 Å². The SMILES string of the molecule is C[C@@H](Nc1ccccc1)c1nnc(-c2cccc(Cl)c2)o1. The Morgan fingerprint density at radius 1 is 1.05 bits per heavy atom. The number of halogens is 1. The smallest absolute Gasteiger partial charge is 0.247 e. The largest absolute Gasteiger partial charge is 0.418 e. The number of aromatic nitrogens is 2. The van der Waals surface area contributed by atoms with Gasteiger partial charge in [0, 0.05) is 16.3 Å². The van der Waals surface area contributed by atoms with Gasteiger partial charge in [-0.1, -0.05) is 35.9 Å². The van der Waals surface area contributed by atoms with Gasteiger partial charge in [0.15, 0.2) is 0 Å². The standard InChI is InChI=1S/C16H14ClN3O/c1-11(18-14-8-3-2-4-9-14)15-19-20-16(21-15)12-6-5-7-13(17)10-12/h2-11,18H,1H3/t11-/m1/s1. The molecular formula is C16H14ClN3O. The molecular weight excluding hydrogens is 286 g/mol. The van der Waals surface area contributed by atoms with E-state index in [-0.39, 0.29) is 6.04 Å². The first-order valence-electron chi connectivity index (χ1n) is 6.63. The lowest BCUT2D eigenvalue weighted by molar-refractivity contribution is 0.485. The Morgan fingerprint density at radius 3 is 2.62 bits per heavy atom. The van der Waals surface area contributed by atoms with Crippen molar-refractivity contribution in [1.29, 1.82) is 0 Å². The Kier molecular flexibility index (Phi) is 3.88. The number of para-hydroxylation sites is 1. The number of nitrogens with zero attached hydrogens (tertiary/aromatic N) is 2. The third kappa shape index (κ3) is 3.23. The van der Waals surface area contributed by atoms with Crippen LogP contribution in [0, 0.1) is 0 Å². The number of hydrogen-bond donors (Lipinski definition) is 1. The maximum atomic E-state index is 5.97. The van der Waals surface area contributed by atoms with E-state index in [1.54, 1.807) is 6.07 Å². The highest BCUT2D eigenvalue weighted by Gasteiger charge is 2.15. The van der Waals surface area contributed by atoms with E-state index in [0.717, 1.165) is 11.3 Å². The average Bonchev–Trinajstić information content (AvgIpc) is 2.98. The van der Waals surface area contributed by atoms with Crippen LogP contribution in [0.2, 0.25) is 5.02 Å². The van der Waals surface area contributed by atoms with E-state index in [9.17, 15) is 0 Å². The first-order chi connectivity index (χ1) is 10.2. The van der Waals surface area contributed by atoms with Crippen molar-refractivity contribution < 1.29 is 4.42 Å². The van der Waals surface area contributed by atoms with Gasteiger partial charge in [-0.3, -0.25) is 0 Å². The van der Waals surface area contributed by atoms with Crippen molar-refractivity contribution >= 4 is 17.3 Å². The fourth-order valence-electron chi connectivity index (χ4n) is 1.99. The number of rotatable bonds is 4. The lowest BCUT2D eigenvalue weighted by atomic mass is 10.2. The summed E-state index contributed by atoms with van der Waals surface area (Å²) in [5.41, 5.74) is 1.82. The fraction of sp³-hybridized carbons (Fsp3) is 0.125. The lowest BCUT2D eigenvalue weighted by Crippen LogP contribution is -2.06. The molecule has 5 heteroatoms. The first kappa shape index (κ1) is 13.6. The van der Waals surface area contributed by atoms with Gasteiger partial charge in [-0.2, -0.15) is 0 Å². The molecule has 106 valence electrons. The minimum absolute atomic E-state index is 0.0761. The summed E-state index contributed by atoms with van der Waals surface area (Å²) >= 11 is 5.97. The molecule has 3 rings (SSSR count). The van der Waals surface area contributed by atoms with Gasteiger partial charge in [-0.05, 0) is 37.3 Å². The summed E-state index contributed by atoms with van der Waals surface area (Å²) in [6, 6.07) is 17.2. The second kappa shape index (κ2) is 5.97. The molecule has 1 N–H and O–H groups in total. The number of benzene rings is 2. The van der Waals surface area contributed by atoms with Crippen molar-refractivity contribution in [3.8, 4) is 11.5 Å². The Bertz CT molecular complexity index is 727. The van der Waals surface area contributed by atoms with Crippen LogP contribution in [0.15, 0.2) is 59.0 Å². The van der Waals surface area contributed by atoms with Crippen LogP contribution in [0.4, 0.5) is 5.69 Å². The van der Waals surface area contributed by atoms with Crippen LogP contribution in [0.5, 0.6) is 0 Å². The fourth-order valence-corrected chi connectivity index (χ4v) is 2.18. The second-order valence-corrected chi connectivity index (χ2v) is 5.12. The Labute approximate surface area is 127 Å². The van der Waals surface area contributed by atoms with Gasteiger partial charge in [-0.15, -0.1) is 10.2 Å². The summed E-state index contributed by atoms with van der Waals surface area (Å²) in [6.07, 6.45) is 0. The van der Waals surface area contributed by atoms with E-state index in [2.05, 4.69) is 15.5 Å². The highest BCUT2D eigenvalue weighted by atomic mass is 35.5. The van der Waals surface area contributed by atoms with Gasteiger partial charge in [-0.25, -0.2) is 0 Å². The summed E-state index contributed by atoms with van der Waals surface area (Å²) in [7, 11) is 0. The van der Waals surface area contributed by atoms with Crippen LogP contribution in [-0.2, 0) is 0 Å². The molecule has 0 aliphatic heterocycles. The topological polar surface area (TPSA) is 51.0 Å². The highest BCUT2D eigenvalue weighted by molar-refractivity contribution is 6.30. The zero-order valence-electron chi connectivity index (χ0n) is 11.5. The monoisotopic (exact) mass is 299 g/mol. The van der Waals surface area contributed by atoms with Gasteiger partial charge in [0.2, 0.25) is 11.8 Å². The minimum atomic E-state index is -0.0761. The maximum absolute atomic E-state index is 5.97. The van der Waals surface area contributed by atoms with Crippen molar-refractivity contribution in [2.45, 2.75) is 13.0 Å². The van der Waals surface area contributed by atoms with Crippen molar-refractivity contribution in [1.82, 2.24) is 10.2 Å². The van der Waals surface area contributed by atoms with Gasteiger partial charge in [0.1, 0.15) is 6.04 Å². The summed E-state index contributed by atoms with van der Waals surface area (Å²) in [5.74, 6) is 1.00. The van der Waals surface area contributed by atoms with E-state index >= 15 is 0 Å². The summed E-state index contributed by atoms with van der Waals surface area (Å²) in [4.78, 5) is 0. The average molecular weight is 300 g/mol. The van der Waals surface area contributed by atoms with E-state index in [1.165, 1.54) is 0 Å². The number of anilines is 1. The minimum Gasteiger partial charge on any atom is -0.418 e. The summed E-state index contributed by atoms with van der Waals surface area (Å²) in [5, 5.41) is 12.1. The molecule has 0 saturated heterocycles. The number of nitrogens with one attached hydrogen (secondary N) is 1. The molecule has 0 unspecified atom stereocenters. The van der Waals surface area contributed by atoms with Gasteiger partial charge in [0.25, 0.3) is 0 Å². The van der Waals surface area contributed by atoms with Gasteiger partial charge >= 0.3 is 0 Å². The molecule has 0 spiro atoms. The summed E-state index contributed by atoms with van der Waals surface area (Å²) < 4.78 is 5.72. The van der Waals surface area contributed by atoms with Crippen LogP contribution in [0.1, 0.15) is 18.9 Å². The molecule has 0 bridgehead atoms. The number of hydrogen-bond acceptors (Lipinski definition) is 4. The van der Waals surface area contributed by atoms with Crippen LogP contribution in [-0.4, -0.2) is 10.2 Å². The predicted octanol–water partition coefficient (Wildman–Crippen LogP) is 4.56. The van der Waals surface area contributed by atoms with Crippen LogP contribution in [0.3, 0.4) is 0 Å². The molecule has 2 aromatic carbocycles. The first-order valence-corrected chi connectivity index (χ1v) is 7.01. The maximum Gasteiger partial charge on any atom is 0.247 e. The zero-order chi connectivity index (χ0) is 14.7. The molecule has 0 amide bonds. The van der Waals surface area contributed by atoms with E-state index < -0.39 is 0 Å². The third-order valence-electron chi connectivity index (χ3n) is 3.04. The van der Waals surface area contributed by atoms with Crippen molar-refractivity contribution in [3.05, 3.63) is 65.5 Å². The normalized spacial score (nSPS) is 12.1. The van der Waals surface area contributed by atoms with Crippen LogP contribution in [0.25, 0.3) is 11.5 Å². The van der Waals surface area contributed by atoms with E-state index in [1.807, 2.05) is 55.5 Å².